The van der Waals surface area contributed by atoms with Gasteiger partial charge in [0.2, 0.25) is 0 Å². The first kappa shape index (κ1) is 13.6. The van der Waals surface area contributed by atoms with E-state index >= 15 is 0 Å². The largest absolute Gasteiger partial charge is 0.312 e. The topological polar surface area (TPSA) is 12.0 Å². The van der Waals surface area contributed by atoms with Crippen LogP contribution in [0.5, 0.6) is 0 Å². The van der Waals surface area contributed by atoms with Gasteiger partial charge in [-0.05, 0) is 67.8 Å². The lowest BCUT2D eigenvalue weighted by molar-refractivity contribution is 0.392. The average Bonchev–Trinajstić information content (AvgIpc) is 2.72. The molecule has 1 aromatic carbocycles. The van der Waals surface area contributed by atoms with Crippen LogP contribution in [0.3, 0.4) is 0 Å². The molecule has 0 amide bonds. The van der Waals surface area contributed by atoms with Crippen molar-refractivity contribution in [2.45, 2.75) is 53.5 Å². The molecule has 2 atom stereocenters. The van der Waals surface area contributed by atoms with Crippen LogP contribution in [0.2, 0.25) is 0 Å². The molecule has 1 N–H and O–H groups in total. The highest BCUT2D eigenvalue weighted by Crippen LogP contribution is 2.30. The van der Waals surface area contributed by atoms with Gasteiger partial charge in [-0.3, -0.25) is 0 Å². The maximum atomic E-state index is 3.66. The Morgan fingerprint density at radius 2 is 1.78 bits per heavy atom. The van der Waals surface area contributed by atoms with Gasteiger partial charge < -0.3 is 5.32 Å². The minimum atomic E-state index is 0.900. The van der Waals surface area contributed by atoms with Crippen molar-refractivity contribution in [3.8, 4) is 0 Å². The van der Waals surface area contributed by atoms with Gasteiger partial charge in [0.25, 0.3) is 0 Å². The Morgan fingerprint density at radius 3 is 2.44 bits per heavy atom. The highest BCUT2D eigenvalue weighted by atomic mass is 14.9. The summed E-state index contributed by atoms with van der Waals surface area (Å²) in [7, 11) is 0. The number of hydrogen-bond acceptors (Lipinski definition) is 1. The standard InChI is InChI=1S/C17H27N/c1-12-6-5-7-16(12)10-18-11-17-9-14(3)13(2)8-15(17)4/h8-9,12,16,18H,5-7,10-11H2,1-4H3. The van der Waals surface area contributed by atoms with E-state index in [0.717, 1.165) is 18.4 Å². The molecule has 0 heterocycles. The van der Waals surface area contributed by atoms with E-state index in [1.807, 2.05) is 0 Å². The van der Waals surface area contributed by atoms with Gasteiger partial charge in [-0.15, -0.1) is 0 Å². The molecular weight excluding hydrogens is 218 g/mol. The lowest BCUT2D eigenvalue weighted by Crippen LogP contribution is -2.24. The number of benzene rings is 1. The van der Waals surface area contributed by atoms with E-state index in [0.29, 0.717) is 0 Å². The SMILES string of the molecule is Cc1cc(C)c(CNCC2CCCC2C)cc1C. The van der Waals surface area contributed by atoms with Gasteiger partial charge in [0.15, 0.2) is 0 Å². The molecule has 2 rings (SSSR count). The van der Waals surface area contributed by atoms with Crippen LogP contribution >= 0.6 is 0 Å². The summed E-state index contributed by atoms with van der Waals surface area (Å²) in [5.41, 5.74) is 5.70. The Kier molecular flexibility index (Phi) is 4.45. The third-order valence-electron chi connectivity index (χ3n) is 4.71. The normalized spacial score (nSPS) is 23.6. The molecule has 18 heavy (non-hydrogen) atoms. The Balaban J connectivity index is 1.88. The van der Waals surface area contributed by atoms with Gasteiger partial charge in [0.1, 0.15) is 0 Å². The Morgan fingerprint density at radius 1 is 1.06 bits per heavy atom. The summed E-state index contributed by atoms with van der Waals surface area (Å²) >= 11 is 0. The summed E-state index contributed by atoms with van der Waals surface area (Å²) < 4.78 is 0. The molecule has 0 spiro atoms. The van der Waals surface area contributed by atoms with E-state index in [9.17, 15) is 0 Å². The van der Waals surface area contributed by atoms with Crippen molar-refractivity contribution in [2.75, 3.05) is 6.54 Å². The fraction of sp³-hybridized carbons (Fsp3) is 0.647. The molecule has 0 bridgehead atoms. The van der Waals surface area contributed by atoms with Crippen molar-refractivity contribution < 1.29 is 0 Å². The predicted molar refractivity (Wildman–Crippen MR) is 78.9 cm³/mol. The second-order valence-corrected chi connectivity index (χ2v) is 6.16. The monoisotopic (exact) mass is 245 g/mol. The fourth-order valence-electron chi connectivity index (χ4n) is 3.13. The smallest absolute Gasteiger partial charge is 0.0208 e. The number of aryl methyl sites for hydroxylation is 3. The van der Waals surface area contributed by atoms with Crippen LogP contribution in [-0.4, -0.2) is 6.54 Å². The highest BCUT2D eigenvalue weighted by Gasteiger charge is 2.22. The van der Waals surface area contributed by atoms with Crippen LogP contribution in [0.25, 0.3) is 0 Å². The molecule has 1 aliphatic carbocycles. The van der Waals surface area contributed by atoms with Crippen LogP contribution < -0.4 is 5.32 Å². The molecule has 0 aliphatic heterocycles. The third kappa shape index (κ3) is 3.14. The van der Waals surface area contributed by atoms with Gasteiger partial charge in [0, 0.05) is 6.54 Å². The molecule has 1 aliphatic rings. The van der Waals surface area contributed by atoms with Gasteiger partial charge in [0.05, 0.1) is 0 Å². The number of nitrogens with one attached hydrogen (secondary N) is 1. The first-order valence-electron chi connectivity index (χ1n) is 7.35. The fourth-order valence-corrected chi connectivity index (χ4v) is 3.13. The zero-order valence-corrected chi connectivity index (χ0v) is 12.3. The minimum Gasteiger partial charge on any atom is -0.312 e. The van der Waals surface area contributed by atoms with Crippen LogP contribution in [-0.2, 0) is 6.54 Å². The molecule has 0 saturated heterocycles. The maximum absolute atomic E-state index is 3.66. The second kappa shape index (κ2) is 5.88. The Labute approximate surface area is 112 Å². The molecule has 1 nitrogen and oxygen atoms in total. The maximum Gasteiger partial charge on any atom is 0.0208 e. The van der Waals surface area contributed by atoms with E-state index in [1.165, 1.54) is 48.1 Å². The zero-order valence-electron chi connectivity index (χ0n) is 12.3. The van der Waals surface area contributed by atoms with Crippen molar-refractivity contribution in [2.24, 2.45) is 11.8 Å². The molecule has 2 unspecified atom stereocenters. The first-order valence-corrected chi connectivity index (χ1v) is 7.35. The molecular formula is C17H27N. The zero-order chi connectivity index (χ0) is 13.1. The number of hydrogen-bond donors (Lipinski definition) is 1. The number of rotatable bonds is 4. The van der Waals surface area contributed by atoms with Crippen molar-refractivity contribution in [1.29, 1.82) is 0 Å². The average molecular weight is 245 g/mol. The first-order chi connectivity index (χ1) is 8.58. The second-order valence-electron chi connectivity index (χ2n) is 6.16. The molecule has 0 radical (unpaired) electrons. The van der Waals surface area contributed by atoms with Crippen LogP contribution in [0.4, 0.5) is 0 Å². The van der Waals surface area contributed by atoms with Gasteiger partial charge in [-0.2, -0.15) is 0 Å². The lowest BCUT2D eigenvalue weighted by Gasteiger charge is -2.17. The molecule has 1 fully saturated rings. The summed E-state index contributed by atoms with van der Waals surface area (Å²) in [6.07, 6.45) is 4.27. The quantitative estimate of drug-likeness (QED) is 0.840. The Bertz CT molecular complexity index is 408. The molecule has 0 aromatic heterocycles. The minimum absolute atomic E-state index is 0.900. The van der Waals surface area contributed by atoms with Gasteiger partial charge in [-0.1, -0.05) is 31.9 Å². The van der Waals surface area contributed by atoms with E-state index in [1.54, 1.807) is 0 Å². The summed E-state index contributed by atoms with van der Waals surface area (Å²) in [6, 6.07) is 4.65. The van der Waals surface area contributed by atoms with E-state index in [2.05, 4.69) is 45.1 Å². The van der Waals surface area contributed by atoms with Gasteiger partial charge in [-0.25, -0.2) is 0 Å². The summed E-state index contributed by atoms with van der Waals surface area (Å²) in [5, 5.41) is 3.66. The summed E-state index contributed by atoms with van der Waals surface area (Å²) in [5.74, 6) is 1.82. The highest BCUT2D eigenvalue weighted by molar-refractivity contribution is 5.36. The lowest BCUT2D eigenvalue weighted by atomic mass is 9.97. The van der Waals surface area contributed by atoms with Crippen LogP contribution in [0.1, 0.15) is 48.4 Å². The third-order valence-corrected chi connectivity index (χ3v) is 4.71. The summed E-state index contributed by atoms with van der Waals surface area (Å²) in [6.45, 7) is 11.2. The van der Waals surface area contributed by atoms with E-state index in [4.69, 9.17) is 0 Å². The van der Waals surface area contributed by atoms with Gasteiger partial charge >= 0.3 is 0 Å². The molecule has 1 saturated carbocycles. The molecule has 100 valence electrons. The van der Waals surface area contributed by atoms with Crippen molar-refractivity contribution in [3.63, 3.8) is 0 Å². The Hall–Kier alpha value is -0.820. The van der Waals surface area contributed by atoms with E-state index in [-0.39, 0.29) is 0 Å². The van der Waals surface area contributed by atoms with Crippen LogP contribution in [0, 0.1) is 32.6 Å². The van der Waals surface area contributed by atoms with Crippen molar-refractivity contribution in [3.05, 3.63) is 34.4 Å². The van der Waals surface area contributed by atoms with Crippen LogP contribution in [0.15, 0.2) is 12.1 Å². The van der Waals surface area contributed by atoms with Crippen molar-refractivity contribution in [1.82, 2.24) is 5.32 Å². The van der Waals surface area contributed by atoms with E-state index < -0.39 is 0 Å². The molecule has 1 aromatic rings. The molecule has 1 heteroatoms. The van der Waals surface area contributed by atoms with Crippen molar-refractivity contribution >= 4 is 0 Å². The predicted octanol–water partition coefficient (Wildman–Crippen LogP) is 4.14. The summed E-state index contributed by atoms with van der Waals surface area (Å²) in [4.78, 5) is 0.